The van der Waals surface area contributed by atoms with Crippen molar-refractivity contribution in [2.24, 2.45) is 0 Å². The zero-order chi connectivity index (χ0) is 19.6. The molecule has 1 N–H and O–H groups in total. The SMILES string of the molecule is COc1ccc(-c2c(CBr)c3ccc(OC)cc3oc2=O)c(CC(=O)O)c1. The minimum Gasteiger partial charge on any atom is -0.497 e. The molecule has 0 aliphatic carbocycles. The summed E-state index contributed by atoms with van der Waals surface area (Å²) in [5, 5.41) is 10.4. The van der Waals surface area contributed by atoms with E-state index in [4.69, 9.17) is 13.9 Å². The Bertz CT molecular complexity index is 1070. The van der Waals surface area contributed by atoms with Crippen molar-refractivity contribution < 1.29 is 23.8 Å². The van der Waals surface area contributed by atoms with Gasteiger partial charge < -0.3 is 19.0 Å². The number of rotatable bonds is 6. The minimum atomic E-state index is -1.00. The molecule has 0 bridgehead atoms. The average Bonchev–Trinajstić information content (AvgIpc) is 2.66. The summed E-state index contributed by atoms with van der Waals surface area (Å²) in [6.07, 6.45) is -0.242. The number of carboxylic acid groups (broad SMARTS) is 1. The summed E-state index contributed by atoms with van der Waals surface area (Å²) < 4.78 is 15.9. The van der Waals surface area contributed by atoms with Crippen LogP contribution in [-0.4, -0.2) is 25.3 Å². The largest absolute Gasteiger partial charge is 0.497 e. The van der Waals surface area contributed by atoms with Gasteiger partial charge in [-0.15, -0.1) is 0 Å². The number of aliphatic carboxylic acids is 1. The second kappa shape index (κ2) is 7.84. The number of halogens is 1. The Balaban J connectivity index is 2.32. The van der Waals surface area contributed by atoms with Crippen LogP contribution in [0.5, 0.6) is 11.5 Å². The fourth-order valence-corrected chi connectivity index (χ4v) is 3.62. The molecule has 0 radical (unpaired) electrons. The molecular formula is C20H17BrO6. The Labute approximate surface area is 163 Å². The first kappa shape index (κ1) is 19.0. The van der Waals surface area contributed by atoms with Crippen LogP contribution in [0.25, 0.3) is 22.1 Å². The van der Waals surface area contributed by atoms with Crippen LogP contribution in [0.1, 0.15) is 11.1 Å². The van der Waals surface area contributed by atoms with Crippen LogP contribution >= 0.6 is 15.9 Å². The first-order valence-electron chi connectivity index (χ1n) is 8.07. The molecule has 0 saturated carbocycles. The summed E-state index contributed by atoms with van der Waals surface area (Å²) in [6.45, 7) is 0. The molecular weight excluding hydrogens is 416 g/mol. The molecule has 0 spiro atoms. The Morgan fingerprint density at radius 3 is 2.41 bits per heavy atom. The average molecular weight is 433 g/mol. The van der Waals surface area contributed by atoms with E-state index in [9.17, 15) is 14.7 Å². The van der Waals surface area contributed by atoms with Crippen LogP contribution in [-0.2, 0) is 16.5 Å². The van der Waals surface area contributed by atoms with Gasteiger partial charge in [-0.25, -0.2) is 4.79 Å². The topological polar surface area (TPSA) is 86.0 Å². The molecule has 0 amide bonds. The first-order chi connectivity index (χ1) is 13.0. The van der Waals surface area contributed by atoms with Gasteiger partial charge in [-0.05, 0) is 41.0 Å². The summed E-state index contributed by atoms with van der Waals surface area (Å²) in [4.78, 5) is 24.1. The summed E-state index contributed by atoms with van der Waals surface area (Å²) in [6, 6.07) is 10.3. The number of methoxy groups -OCH3 is 2. The lowest BCUT2D eigenvalue weighted by molar-refractivity contribution is -0.136. The van der Waals surface area contributed by atoms with Crippen molar-refractivity contribution >= 4 is 32.9 Å². The molecule has 2 aromatic carbocycles. The molecule has 0 atom stereocenters. The zero-order valence-electron chi connectivity index (χ0n) is 14.7. The number of carbonyl (C=O) groups is 1. The van der Waals surface area contributed by atoms with Crippen LogP contribution < -0.4 is 15.1 Å². The molecule has 1 aromatic heterocycles. The number of fused-ring (bicyclic) bond motifs is 1. The van der Waals surface area contributed by atoms with Gasteiger partial charge in [-0.1, -0.05) is 22.0 Å². The van der Waals surface area contributed by atoms with Crippen molar-refractivity contribution in [3.8, 4) is 22.6 Å². The predicted octanol–water partition coefficient (Wildman–Crippen LogP) is 4.00. The monoisotopic (exact) mass is 432 g/mol. The van der Waals surface area contributed by atoms with E-state index in [2.05, 4.69) is 15.9 Å². The number of carboxylic acids is 1. The van der Waals surface area contributed by atoms with Gasteiger partial charge in [-0.2, -0.15) is 0 Å². The molecule has 0 aliphatic rings. The van der Waals surface area contributed by atoms with Crippen LogP contribution in [0, 0.1) is 0 Å². The van der Waals surface area contributed by atoms with Gasteiger partial charge in [0, 0.05) is 16.8 Å². The molecule has 0 saturated heterocycles. The van der Waals surface area contributed by atoms with E-state index in [0.29, 0.717) is 39.1 Å². The third kappa shape index (κ3) is 3.68. The summed E-state index contributed by atoms with van der Waals surface area (Å²) >= 11 is 3.45. The normalized spacial score (nSPS) is 10.8. The lowest BCUT2D eigenvalue weighted by atomic mass is 9.94. The summed E-state index contributed by atoms with van der Waals surface area (Å²) in [7, 11) is 3.04. The van der Waals surface area contributed by atoms with E-state index in [1.165, 1.54) is 14.2 Å². The molecule has 3 rings (SSSR count). The lowest BCUT2D eigenvalue weighted by Crippen LogP contribution is -2.10. The van der Waals surface area contributed by atoms with E-state index < -0.39 is 11.6 Å². The molecule has 140 valence electrons. The lowest BCUT2D eigenvalue weighted by Gasteiger charge is -2.14. The summed E-state index contributed by atoms with van der Waals surface area (Å²) in [5.41, 5.74) is 1.92. The van der Waals surface area contributed by atoms with Crippen molar-refractivity contribution in [1.82, 2.24) is 0 Å². The number of benzene rings is 2. The molecule has 0 fully saturated rings. The van der Waals surface area contributed by atoms with Crippen molar-refractivity contribution in [3.63, 3.8) is 0 Å². The number of hydrogen-bond acceptors (Lipinski definition) is 5. The third-order valence-corrected chi connectivity index (χ3v) is 4.84. The Morgan fingerprint density at radius 2 is 1.78 bits per heavy atom. The molecule has 3 aromatic rings. The number of hydrogen-bond donors (Lipinski definition) is 1. The molecule has 27 heavy (non-hydrogen) atoms. The quantitative estimate of drug-likeness (QED) is 0.467. The van der Waals surface area contributed by atoms with Gasteiger partial charge in [0.05, 0.1) is 26.2 Å². The maximum atomic E-state index is 12.8. The smallest absolute Gasteiger partial charge is 0.344 e. The highest BCUT2D eigenvalue weighted by molar-refractivity contribution is 9.08. The maximum absolute atomic E-state index is 12.8. The van der Waals surface area contributed by atoms with Crippen molar-refractivity contribution in [2.45, 2.75) is 11.8 Å². The van der Waals surface area contributed by atoms with Crippen LogP contribution in [0.3, 0.4) is 0 Å². The predicted molar refractivity (Wildman–Crippen MR) is 105 cm³/mol. The Hall–Kier alpha value is -2.80. The third-order valence-electron chi connectivity index (χ3n) is 4.28. The standard InChI is InChI=1S/C20H17BrO6/c1-25-12-3-5-14(11(7-12)8-18(22)23)19-16(10-21)15-6-4-13(26-2)9-17(15)27-20(19)24/h3-7,9H,8,10H2,1-2H3,(H,22,23). The second-order valence-electron chi connectivity index (χ2n) is 5.83. The first-order valence-corrected chi connectivity index (χ1v) is 9.19. The second-order valence-corrected chi connectivity index (χ2v) is 6.39. The molecule has 0 aliphatic heterocycles. The van der Waals surface area contributed by atoms with Gasteiger partial charge in [-0.3, -0.25) is 4.79 Å². The van der Waals surface area contributed by atoms with Gasteiger partial charge in [0.2, 0.25) is 0 Å². The number of ether oxygens (including phenoxy) is 2. The van der Waals surface area contributed by atoms with Crippen molar-refractivity contribution in [1.29, 1.82) is 0 Å². The van der Waals surface area contributed by atoms with Crippen LogP contribution in [0.15, 0.2) is 45.6 Å². The Morgan fingerprint density at radius 1 is 1.11 bits per heavy atom. The Kier molecular flexibility index (Phi) is 5.51. The molecule has 7 heteroatoms. The fourth-order valence-electron chi connectivity index (χ4n) is 3.03. The number of alkyl halides is 1. The van der Waals surface area contributed by atoms with E-state index in [1.54, 1.807) is 30.3 Å². The van der Waals surface area contributed by atoms with Gasteiger partial charge >= 0.3 is 11.6 Å². The molecule has 0 unspecified atom stereocenters. The van der Waals surface area contributed by atoms with Gasteiger partial charge in [0.15, 0.2) is 0 Å². The van der Waals surface area contributed by atoms with Crippen LogP contribution in [0.2, 0.25) is 0 Å². The van der Waals surface area contributed by atoms with Crippen LogP contribution in [0.4, 0.5) is 0 Å². The maximum Gasteiger partial charge on any atom is 0.344 e. The highest BCUT2D eigenvalue weighted by atomic mass is 79.9. The molecule has 1 heterocycles. The van der Waals surface area contributed by atoms with E-state index in [0.717, 1.165) is 10.9 Å². The van der Waals surface area contributed by atoms with Gasteiger partial charge in [0.25, 0.3) is 0 Å². The van der Waals surface area contributed by atoms with E-state index in [-0.39, 0.29) is 6.42 Å². The highest BCUT2D eigenvalue weighted by Gasteiger charge is 2.20. The van der Waals surface area contributed by atoms with E-state index in [1.807, 2.05) is 6.07 Å². The zero-order valence-corrected chi connectivity index (χ0v) is 16.3. The molecule has 6 nitrogen and oxygen atoms in total. The fraction of sp³-hybridized carbons (Fsp3) is 0.200. The minimum absolute atomic E-state index is 0.242. The van der Waals surface area contributed by atoms with Crippen molar-refractivity contribution in [3.05, 3.63) is 57.9 Å². The van der Waals surface area contributed by atoms with Crippen molar-refractivity contribution in [2.75, 3.05) is 14.2 Å². The highest BCUT2D eigenvalue weighted by Crippen LogP contribution is 2.34. The van der Waals surface area contributed by atoms with Gasteiger partial charge in [0.1, 0.15) is 17.1 Å². The summed E-state index contributed by atoms with van der Waals surface area (Å²) in [5.74, 6) is 0.0973. The van der Waals surface area contributed by atoms with E-state index >= 15 is 0 Å².